The van der Waals surface area contributed by atoms with Crippen molar-refractivity contribution in [3.63, 3.8) is 0 Å². The summed E-state index contributed by atoms with van der Waals surface area (Å²) in [5.74, 6) is -1.39. The van der Waals surface area contributed by atoms with E-state index in [-0.39, 0.29) is 5.56 Å². The van der Waals surface area contributed by atoms with Gasteiger partial charge in [0.15, 0.2) is 5.65 Å². The number of carbonyl (C=O) groups excluding carboxylic acids is 1. The third-order valence-electron chi connectivity index (χ3n) is 4.95. The fourth-order valence-corrected chi connectivity index (χ4v) is 3.53. The predicted molar refractivity (Wildman–Crippen MR) is 115 cm³/mol. The van der Waals surface area contributed by atoms with Crippen molar-refractivity contribution >= 4 is 39.8 Å². The minimum atomic E-state index is -0.706. The summed E-state index contributed by atoms with van der Waals surface area (Å²) in [6.45, 7) is 0.473. The highest BCUT2D eigenvalue weighted by Gasteiger charge is 2.14. The quantitative estimate of drug-likeness (QED) is 0.432. The first-order chi connectivity index (χ1) is 15.1. The lowest BCUT2D eigenvalue weighted by Gasteiger charge is -2.07. The molecule has 152 valence electrons. The van der Waals surface area contributed by atoms with Crippen molar-refractivity contribution in [3.05, 3.63) is 83.8 Å². The zero-order valence-electron chi connectivity index (χ0n) is 16.0. The Kier molecular flexibility index (Phi) is 4.76. The van der Waals surface area contributed by atoms with Crippen LogP contribution in [0.25, 0.3) is 33.3 Å². The van der Waals surface area contributed by atoms with Crippen LogP contribution in [0, 0.1) is 5.82 Å². The number of carbonyl (C=O) groups is 1. The SMILES string of the molecule is O=C(NCl)c1ccc(-c2ccc3nnn(Cc4ccc5ncccc5c4)c3n2)cc1F. The lowest BCUT2D eigenvalue weighted by Crippen LogP contribution is -2.14. The van der Waals surface area contributed by atoms with Crippen molar-refractivity contribution < 1.29 is 9.18 Å². The van der Waals surface area contributed by atoms with E-state index in [1.165, 1.54) is 12.1 Å². The Labute approximate surface area is 180 Å². The molecule has 2 aromatic carbocycles. The molecule has 0 unspecified atom stereocenters. The highest BCUT2D eigenvalue weighted by molar-refractivity contribution is 6.24. The smallest absolute Gasteiger partial charge is 0.268 e. The number of aromatic nitrogens is 5. The molecule has 31 heavy (non-hydrogen) atoms. The maximum Gasteiger partial charge on any atom is 0.268 e. The molecule has 0 saturated heterocycles. The van der Waals surface area contributed by atoms with E-state index < -0.39 is 11.7 Å². The molecule has 3 aromatic heterocycles. The third-order valence-corrected chi connectivity index (χ3v) is 5.13. The van der Waals surface area contributed by atoms with Crippen molar-refractivity contribution in [2.45, 2.75) is 6.54 Å². The molecule has 0 fully saturated rings. The van der Waals surface area contributed by atoms with Crippen LogP contribution >= 0.6 is 11.8 Å². The molecule has 0 aliphatic heterocycles. The first kappa shape index (κ1) is 19.1. The first-order valence-electron chi connectivity index (χ1n) is 9.37. The van der Waals surface area contributed by atoms with Gasteiger partial charge in [-0.2, -0.15) is 0 Å². The fourth-order valence-electron chi connectivity index (χ4n) is 3.43. The van der Waals surface area contributed by atoms with Gasteiger partial charge >= 0.3 is 0 Å². The predicted octanol–water partition coefficient (Wildman–Crippen LogP) is 4.11. The summed E-state index contributed by atoms with van der Waals surface area (Å²) in [7, 11) is 0. The number of fused-ring (bicyclic) bond motifs is 2. The Hall–Kier alpha value is -3.91. The second-order valence-corrected chi connectivity index (χ2v) is 7.12. The second kappa shape index (κ2) is 7.73. The minimum Gasteiger partial charge on any atom is -0.268 e. The van der Waals surface area contributed by atoms with Crippen LogP contribution in [0.5, 0.6) is 0 Å². The van der Waals surface area contributed by atoms with Crippen LogP contribution in [0.15, 0.2) is 66.9 Å². The summed E-state index contributed by atoms with van der Waals surface area (Å²) in [6.07, 6.45) is 1.76. The molecular weight excluding hydrogens is 419 g/mol. The highest BCUT2D eigenvalue weighted by Crippen LogP contribution is 2.23. The Morgan fingerprint density at radius 3 is 2.77 bits per heavy atom. The van der Waals surface area contributed by atoms with E-state index in [2.05, 4.69) is 26.3 Å². The lowest BCUT2D eigenvalue weighted by atomic mass is 10.1. The summed E-state index contributed by atoms with van der Waals surface area (Å²) in [6, 6.07) is 17.6. The van der Waals surface area contributed by atoms with Gasteiger partial charge in [-0.05, 0) is 48.0 Å². The second-order valence-electron chi connectivity index (χ2n) is 6.94. The summed E-state index contributed by atoms with van der Waals surface area (Å²) in [5.41, 5.74) is 4.07. The largest absolute Gasteiger partial charge is 0.268 e. The molecule has 5 aromatic rings. The van der Waals surface area contributed by atoms with Crippen molar-refractivity contribution in [2.75, 3.05) is 0 Å². The Balaban J connectivity index is 1.51. The molecule has 3 heterocycles. The van der Waals surface area contributed by atoms with E-state index in [0.29, 0.717) is 29.0 Å². The van der Waals surface area contributed by atoms with Crippen LogP contribution in [0.2, 0.25) is 0 Å². The highest BCUT2D eigenvalue weighted by atomic mass is 35.5. The van der Waals surface area contributed by atoms with Gasteiger partial charge in [-0.15, -0.1) is 5.10 Å². The van der Waals surface area contributed by atoms with Gasteiger partial charge < -0.3 is 0 Å². The molecule has 1 amide bonds. The van der Waals surface area contributed by atoms with Gasteiger partial charge in [0.25, 0.3) is 5.91 Å². The Bertz CT molecular complexity index is 1450. The van der Waals surface area contributed by atoms with Crippen molar-refractivity contribution in [3.8, 4) is 11.3 Å². The molecule has 0 atom stereocenters. The maximum atomic E-state index is 14.3. The third kappa shape index (κ3) is 3.57. The molecule has 0 radical (unpaired) electrons. The lowest BCUT2D eigenvalue weighted by molar-refractivity contribution is 0.0978. The summed E-state index contributed by atoms with van der Waals surface area (Å²) in [4.78, 5) is 22.5. The zero-order valence-corrected chi connectivity index (χ0v) is 16.7. The summed E-state index contributed by atoms with van der Waals surface area (Å²) in [5, 5.41) is 9.43. The van der Waals surface area contributed by atoms with Crippen LogP contribution in [0.1, 0.15) is 15.9 Å². The van der Waals surface area contributed by atoms with Crippen LogP contribution < -0.4 is 4.84 Å². The van der Waals surface area contributed by atoms with Crippen LogP contribution in [0.3, 0.4) is 0 Å². The van der Waals surface area contributed by atoms with Gasteiger partial charge in [0.05, 0.1) is 23.3 Å². The van der Waals surface area contributed by atoms with E-state index in [1.807, 2.05) is 29.1 Å². The Morgan fingerprint density at radius 1 is 1.06 bits per heavy atom. The molecule has 0 saturated carbocycles. The number of halogens is 2. The van der Waals surface area contributed by atoms with Crippen LogP contribution in [-0.4, -0.2) is 30.9 Å². The van der Waals surface area contributed by atoms with E-state index in [1.54, 1.807) is 29.1 Å². The monoisotopic (exact) mass is 432 g/mol. The number of rotatable bonds is 4. The van der Waals surface area contributed by atoms with Crippen molar-refractivity contribution in [1.82, 2.24) is 29.8 Å². The summed E-state index contributed by atoms with van der Waals surface area (Å²) < 4.78 is 16.0. The van der Waals surface area contributed by atoms with Crippen molar-refractivity contribution in [2.24, 2.45) is 0 Å². The number of amides is 1. The zero-order chi connectivity index (χ0) is 21.4. The maximum absolute atomic E-state index is 14.3. The number of hydrogen-bond donors (Lipinski definition) is 1. The number of hydrogen-bond acceptors (Lipinski definition) is 5. The molecule has 0 bridgehead atoms. The summed E-state index contributed by atoms with van der Waals surface area (Å²) >= 11 is 5.29. The molecule has 0 spiro atoms. The van der Waals surface area contributed by atoms with Gasteiger partial charge in [0.1, 0.15) is 11.3 Å². The first-order valence-corrected chi connectivity index (χ1v) is 9.75. The molecule has 5 rings (SSSR count). The average Bonchev–Trinajstić information content (AvgIpc) is 3.20. The number of benzene rings is 2. The van der Waals surface area contributed by atoms with Gasteiger partial charge in [-0.1, -0.05) is 23.4 Å². The van der Waals surface area contributed by atoms with Gasteiger partial charge in [-0.3, -0.25) is 14.6 Å². The van der Waals surface area contributed by atoms with Crippen LogP contribution in [0.4, 0.5) is 4.39 Å². The molecule has 0 aliphatic carbocycles. The van der Waals surface area contributed by atoms with E-state index in [0.717, 1.165) is 16.5 Å². The average molecular weight is 433 g/mol. The minimum absolute atomic E-state index is 0.141. The standard InChI is InChI=1S/C22H14ClFN6O/c23-27-22(31)16-5-4-15(11-17(16)24)19-7-8-20-21(26-19)30(29-28-20)12-13-3-6-18-14(10-13)2-1-9-25-18/h1-11H,12H2,(H,27,31). The van der Waals surface area contributed by atoms with Crippen LogP contribution in [-0.2, 0) is 6.54 Å². The fraction of sp³-hybridized carbons (Fsp3) is 0.0455. The Morgan fingerprint density at radius 2 is 1.94 bits per heavy atom. The number of pyridine rings is 2. The van der Waals surface area contributed by atoms with Gasteiger partial charge in [-0.25, -0.2) is 14.1 Å². The molecule has 9 heteroatoms. The molecule has 7 nitrogen and oxygen atoms in total. The van der Waals surface area contributed by atoms with Gasteiger partial charge in [0.2, 0.25) is 0 Å². The van der Waals surface area contributed by atoms with E-state index >= 15 is 0 Å². The molecular formula is C22H14ClFN6O. The van der Waals surface area contributed by atoms with Gasteiger partial charge in [0, 0.05) is 28.9 Å². The van der Waals surface area contributed by atoms with E-state index in [4.69, 9.17) is 11.8 Å². The number of nitrogens with one attached hydrogen (secondary N) is 1. The normalized spacial score (nSPS) is 11.2. The molecule has 0 aliphatic rings. The number of nitrogens with zero attached hydrogens (tertiary/aromatic N) is 5. The molecule has 1 N–H and O–H groups in total. The van der Waals surface area contributed by atoms with Crippen molar-refractivity contribution in [1.29, 1.82) is 0 Å². The van der Waals surface area contributed by atoms with E-state index in [9.17, 15) is 9.18 Å². The topological polar surface area (TPSA) is 85.6 Å².